The van der Waals surface area contributed by atoms with Crippen LogP contribution in [0.15, 0.2) is 4.99 Å². The molecule has 0 aliphatic heterocycles. The number of nitrogens with two attached hydrogens (primary N) is 1. The Hall–Kier alpha value is -1.26. The van der Waals surface area contributed by atoms with Crippen LogP contribution in [0.1, 0.15) is 40.5 Å². The molecule has 0 rings (SSSR count). The number of hydrogen-bond acceptors (Lipinski definition) is 2. The van der Waals surface area contributed by atoms with Crippen molar-refractivity contribution in [2.45, 2.75) is 46.6 Å². The molecule has 17 heavy (non-hydrogen) atoms. The summed E-state index contributed by atoms with van der Waals surface area (Å²) in [6, 6.07) is 0.231. The van der Waals surface area contributed by atoms with E-state index in [1.54, 1.807) is 0 Å². The smallest absolute Gasteiger partial charge is 0.221 e. The Kier molecular flexibility index (Phi) is 8.19. The van der Waals surface area contributed by atoms with Gasteiger partial charge in [0.1, 0.15) is 0 Å². The van der Waals surface area contributed by atoms with E-state index in [0.29, 0.717) is 31.4 Å². The second kappa shape index (κ2) is 8.84. The average Bonchev–Trinajstić information content (AvgIpc) is 2.26. The second-order valence-corrected chi connectivity index (χ2v) is 4.67. The fraction of sp³-hybridized carbons (Fsp3) is 0.833. The van der Waals surface area contributed by atoms with Crippen LogP contribution in [0.5, 0.6) is 0 Å². The molecule has 1 unspecified atom stereocenters. The van der Waals surface area contributed by atoms with E-state index >= 15 is 0 Å². The van der Waals surface area contributed by atoms with E-state index in [4.69, 9.17) is 5.73 Å². The van der Waals surface area contributed by atoms with Gasteiger partial charge in [0.05, 0.1) is 0 Å². The van der Waals surface area contributed by atoms with Gasteiger partial charge in [-0.05, 0) is 19.3 Å². The fourth-order valence-corrected chi connectivity index (χ4v) is 1.09. The predicted octanol–water partition coefficient (Wildman–Crippen LogP) is 0.852. The first-order valence-corrected chi connectivity index (χ1v) is 6.28. The largest absolute Gasteiger partial charge is 0.370 e. The summed E-state index contributed by atoms with van der Waals surface area (Å²) in [6.07, 6.45) is 1.36. The minimum Gasteiger partial charge on any atom is -0.370 e. The first-order valence-electron chi connectivity index (χ1n) is 6.28. The van der Waals surface area contributed by atoms with Crippen molar-refractivity contribution in [1.82, 2.24) is 10.6 Å². The van der Waals surface area contributed by atoms with Crippen LogP contribution < -0.4 is 16.4 Å². The molecule has 0 heterocycles. The van der Waals surface area contributed by atoms with E-state index < -0.39 is 0 Å². The third kappa shape index (κ3) is 9.66. The van der Waals surface area contributed by atoms with Crippen molar-refractivity contribution >= 4 is 11.9 Å². The number of rotatable bonds is 7. The average molecular weight is 242 g/mol. The zero-order chi connectivity index (χ0) is 13.3. The van der Waals surface area contributed by atoms with Crippen LogP contribution in [0.4, 0.5) is 0 Å². The van der Waals surface area contributed by atoms with Gasteiger partial charge < -0.3 is 16.4 Å². The maximum atomic E-state index is 11.4. The molecule has 0 radical (unpaired) electrons. The van der Waals surface area contributed by atoms with Gasteiger partial charge in [-0.2, -0.15) is 0 Å². The molecule has 0 aliphatic rings. The highest BCUT2D eigenvalue weighted by Crippen LogP contribution is 1.91. The molecule has 5 nitrogen and oxygen atoms in total. The number of aliphatic imine (C=N–C) groups is 1. The summed E-state index contributed by atoms with van der Waals surface area (Å²) < 4.78 is 0. The van der Waals surface area contributed by atoms with Crippen LogP contribution in [-0.2, 0) is 4.79 Å². The maximum Gasteiger partial charge on any atom is 0.221 e. The lowest BCUT2D eigenvalue weighted by molar-refractivity contribution is -0.121. The predicted molar refractivity (Wildman–Crippen MR) is 71.8 cm³/mol. The van der Waals surface area contributed by atoms with Crippen molar-refractivity contribution in [3.8, 4) is 0 Å². The van der Waals surface area contributed by atoms with Crippen LogP contribution in [0, 0.1) is 5.92 Å². The van der Waals surface area contributed by atoms with Gasteiger partial charge >= 0.3 is 0 Å². The van der Waals surface area contributed by atoms with Crippen molar-refractivity contribution in [2.24, 2.45) is 16.6 Å². The Morgan fingerprint density at radius 2 is 2.00 bits per heavy atom. The maximum absolute atomic E-state index is 11.4. The molecule has 5 heteroatoms. The van der Waals surface area contributed by atoms with Crippen molar-refractivity contribution in [3.63, 3.8) is 0 Å². The molecule has 0 aromatic rings. The summed E-state index contributed by atoms with van der Waals surface area (Å²) in [5, 5.41) is 5.82. The SMILES string of the molecule is CCC(C)NC(=O)CCNC(N)=NCC(C)C. The molecule has 0 fully saturated rings. The Morgan fingerprint density at radius 3 is 2.53 bits per heavy atom. The van der Waals surface area contributed by atoms with E-state index in [2.05, 4.69) is 29.5 Å². The molecule has 1 amide bonds. The molecule has 0 aromatic carbocycles. The number of amides is 1. The summed E-state index contributed by atoms with van der Waals surface area (Å²) in [5.74, 6) is 0.947. The summed E-state index contributed by atoms with van der Waals surface area (Å²) in [6.45, 7) is 9.42. The molecule has 0 saturated heterocycles. The van der Waals surface area contributed by atoms with Gasteiger partial charge in [-0.15, -0.1) is 0 Å². The standard InChI is InChI=1S/C12H26N4O/c1-5-10(4)16-11(17)6-7-14-12(13)15-8-9(2)3/h9-10H,5-8H2,1-4H3,(H,16,17)(H3,13,14,15). The summed E-state index contributed by atoms with van der Waals surface area (Å²) in [4.78, 5) is 15.6. The monoisotopic (exact) mass is 242 g/mol. The summed E-state index contributed by atoms with van der Waals surface area (Å²) in [5.41, 5.74) is 5.64. The number of guanidine groups is 1. The van der Waals surface area contributed by atoms with Gasteiger partial charge in [0, 0.05) is 25.6 Å². The molecular formula is C12H26N4O. The van der Waals surface area contributed by atoms with E-state index in [-0.39, 0.29) is 11.9 Å². The van der Waals surface area contributed by atoms with E-state index in [9.17, 15) is 4.79 Å². The van der Waals surface area contributed by atoms with Crippen LogP contribution in [0.25, 0.3) is 0 Å². The van der Waals surface area contributed by atoms with Crippen molar-refractivity contribution < 1.29 is 4.79 Å². The molecule has 0 spiro atoms. The number of nitrogens with one attached hydrogen (secondary N) is 2. The normalized spacial score (nSPS) is 13.6. The number of hydrogen-bond donors (Lipinski definition) is 3. The molecule has 0 saturated carbocycles. The Bertz CT molecular complexity index is 251. The van der Waals surface area contributed by atoms with Crippen LogP contribution >= 0.6 is 0 Å². The molecule has 100 valence electrons. The zero-order valence-corrected chi connectivity index (χ0v) is 11.4. The lowest BCUT2D eigenvalue weighted by Crippen LogP contribution is -2.37. The number of carbonyl (C=O) groups excluding carboxylic acids is 1. The Morgan fingerprint density at radius 1 is 1.35 bits per heavy atom. The van der Waals surface area contributed by atoms with Crippen molar-refractivity contribution in [2.75, 3.05) is 13.1 Å². The van der Waals surface area contributed by atoms with Crippen LogP contribution in [0.3, 0.4) is 0 Å². The Labute approximate surface area is 104 Å². The van der Waals surface area contributed by atoms with Crippen molar-refractivity contribution in [3.05, 3.63) is 0 Å². The lowest BCUT2D eigenvalue weighted by Gasteiger charge is -2.11. The number of carbonyl (C=O) groups is 1. The quantitative estimate of drug-likeness (QED) is 0.457. The summed E-state index contributed by atoms with van der Waals surface area (Å²) in [7, 11) is 0. The van der Waals surface area contributed by atoms with E-state index in [1.807, 2.05) is 13.8 Å². The first-order chi connectivity index (χ1) is 7.95. The molecule has 0 aromatic heterocycles. The highest BCUT2D eigenvalue weighted by molar-refractivity contribution is 5.80. The minimum atomic E-state index is 0.0449. The Balaban J connectivity index is 3.69. The van der Waals surface area contributed by atoms with E-state index in [1.165, 1.54) is 0 Å². The zero-order valence-electron chi connectivity index (χ0n) is 11.4. The molecular weight excluding hydrogens is 216 g/mol. The minimum absolute atomic E-state index is 0.0449. The van der Waals surface area contributed by atoms with E-state index in [0.717, 1.165) is 6.42 Å². The van der Waals surface area contributed by atoms with Crippen LogP contribution in [0.2, 0.25) is 0 Å². The first kappa shape index (κ1) is 15.7. The third-order valence-corrected chi connectivity index (χ3v) is 2.30. The van der Waals surface area contributed by atoms with Crippen molar-refractivity contribution in [1.29, 1.82) is 0 Å². The number of nitrogens with zero attached hydrogens (tertiary/aromatic N) is 1. The van der Waals surface area contributed by atoms with Gasteiger partial charge in [0.25, 0.3) is 0 Å². The molecule has 0 bridgehead atoms. The van der Waals surface area contributed by atoms with Gasteiger partial charge in [-0.1, -0.05) is 20.8 Å². The molecule has 4 N–H and O–H groups in total. The lowest BCUT2D eigenvalue weighted by atomic mass is 10.2. The van der Waals surface area contributed by atoms with Gasteiger partial charge in [0.15, 0.2) is 5.96 Å². The third-order valence-electron chi connectivity index (χ3n) is 2.30. The van der Waals surface area contributed by atoms with Gasteiger partial charge in [-0.25, -0.2) is 0 Å². The molecule has 0 aliphatic carbocycles. The second-order valence-electron chi connectivity index (χ2n) is 4.67. The summed E-state index contributed by atoms with van der Waals surface area (Å²) >= 11 is 0. The van der Waals surface area contributed by atoms with Gasteiger partial charge in [0.2, 0.25) is 5.91 Å². The topological polar surface area (TPSA) is 79.5 Å². The fourth-order valence-electron chi connectivity index (χ4n) is 1.09. The molecule has 1 atom stereocenters. The highest BCUT2D eigenvalue weighted by Gasteiger charge is 2.04. The van der Waals surface area contributed by atoms with Gasteiger partial charge in [-0.3, -0.25) is 9.79 Å². The van der Waals surface area contributed by atoms with Crippen LogP contribution in [-0.4, -0.2) is 31.0 Å². The highest BCUT2D eigenvalue weighted by atomic mass is 16.1.